The molecule has 170 valence electrons. The molecule has 2 aromatic heterocycles. The topological polar surface area (TPSA) is 66.5 Å². The van der Waals surface area contributed by atoms with Gasteiger partial charge in [-0.05, 0) is 43.3 Å². The summed E-state index contributed by atoms with van der Waals surface area (Å²) in [6, 6.07) is 14.4. The van der Waals surface area contributed by atoms with Gasteiger partial charge in [0.1, 0.15) is 11.4 Å². The molecule has 0 aliphatic rings. The van der Waals surface area contributed by atoms with Crippen molar-refractivity contribution in [3.63, 3.8) is 0 Å². The van der Waals surface area contributed by atoms with E-state index in [2.05, 4.69) is 15.4 Å². The van der Waals surface area contributed by atoms with E-state index in [-0.39, 0.29) is 6.61 Å². The maximum absolute atomic E-state index is 6.56. The highest BCUT2D eigenvalue weighted by Gasteiger charge is 2.17. The fraction of sp³-hybridized carbons (Fsp3) is 0.174. The molecule has 0 amide bonds. The first-order valence-electron chi connectivity index (χ1n) is 9.93. The summed E-state index contributed by atoms with van der Waals surface area (Å²) in [5.41, 5.74) is 3.66. The van der Waals surface area contributed by atoms with Crippen molar-refractivity contribution < 1.29 is 9.57 Å². The van der Waals surface area contributed by atoms with Crippen LogP contribution in [0.3, 0.4) is 0 Å². The summed E-state index contributed by atoms with van der Waals surface area (Å²) in [4.78, 5) is 5.53. The van der Waals surface area contributed by atoms with Gasteiger partial charge in [-0.15, -0.1) is 0 Å². The quantitative estimate of drug-likeness (QED) is 0.215. The molecule has 0 aliphatic heterocycles. The summed E-state index contributed by atoms with van der Waals surface area (Å²) in [5, 5.41) is 14.8. The lowest BCUT2D eigenvalue weighted by Crippen LogP contribution is -2.00. The van der Waals surface area contributed by atoms with Gasteiger partial charge in [0, 0.05) is 29.7 Å². The van der Waals surface area contributed by atoms with E-state index in [0.29, 0.717) is 43.6 Å². The minimum absolute atomic E-state index is 0.138. The van der Waals surface area contributed by atoms with E-state index in [9.17, 15) is 0 Å². The summed E-state index contributed by atoms with van der Waals surface area (Å²) in [7, 11) is 3.60. The molecule has 0 N–H and O–H groups in total. The number of aryl methyl sites for hydroxylation is 3. The van der Waals surface area contributed by atoms with Crippen LogP contribution in [0.1, 0.15) is 17.0 Å². The van der Waals surface area contributed by atoms with E-state index in [1.54, 1.807) is 66.1 Å². The largest absolute Gasteiger partial charge is 0.439 e. The lowest BCUT2D eigenvalue weighted by atomic mass is 10.1. The van der Waals surface area contributed by atoms with Crippen LogP contribution in [0.2, 0.25) is 15.1 Å². The molecule has 0 bridgehead atoms. The first-order chi connectivity index (χ1) is 15.8. The maximum Gasteiger partial charge on any atom is 0.226 e. The van der Waals surface area contributed by atoms with Crippen LogP contribution in [0.25, 0.3) is 11.3 Å². The lowest BCUT2D eigenvalue weighted by molar-refractivity contribution is 0.126. The van der Waals surface area contributed by atoms with Gasteiger partial charge in [0.2, 0.25) is 5.88 Å². The molecule has 33 heavy (non-hydrogen) atoms. The molecule has 2 aromatic carbocycles. The number of nitrogens with zero attached hydrogens (tertiary/aromatic N) is 5. The third-order valence-electron chi connectivity index (χ3n) is 4.92. The first-order valence-corrected chi connectivity index (χ1v) is 11.1. The molecule has 0 spiro atoms. The Labute approximate surface area is 206 Å². The number of ether oxygens (including phenoxy) is 1. The zero-order chi connectivity index (χ0) is 23.5. The van der Waals surface area contributed by atoms with Crippen LogP contribution >= 0.6 is 34.8 Å². The number of benzene rings is 2. The monoisotopic (exact) mass is 503 g/mol. The zero-order valence-corrected chi connectivity index (χ0v) is 20.4. The highest BCUT2D eigenvalue weighted by atomic mass is 35.5. The number of hydrogen-bond acceptors (Lipinski definition) is 5. The molecule has 4 rings (SSSR count). The van der Waals surface area contributed by atoms with Gasteiger partial charge in [0.05, 0.1) is 28.2 Å². The number of hydrogen-bond donors (Lipinski definition) is 0. The maximum atomic E-state index is 6.56. The van der Waals surface area contributed by atoms with Gasteiger partial charge in [-0.1, -0.05) is 52.1 Å². The Morgan fingerprint density at radius 1 is 0.909 bits per heavy atom. The standard InChI is InChI=1S/C23H20Cl3N5O2/c1-14-19(23(31(3)28-14)33-18-10-8-17(25)9-11-18)12-27-32-13-20-21(26)22(29-30(20)2)15-4-6-16(24)7-5-15/h4-12H,13H2,1-3H3/b27-12-. The predicted octanol–water partition coefficient (Wildman–Crippen LogP) is 6.43. The Morgan fingerprint density at radius 3 is 2.21 bits per heavy atom. The van der Waals surface area contributed by atoms with Crippen molar-refractivity contribution in [3.8, 4) is 22.9 Å². The number of rotatable bonds is 7. The van der Waals surface area contributed by atoms with E-state index >= 15 is 0 Å². The molecular weight excluding hydrogens is 485 g/mol. The molecule has 0 fully saturated rings. The van der Waals surface area contributed by atoms with Crippen molar-refractivity contribution in [2.24, 2.45) is 19.3 Å². The molecule has 7 nitrogen and oxygen atoms in total. The molecule has 0 radical (unpaired) electrons. The van der Waals surface area contributed by atoms with Crippen molar-refractivity contribution in [3.05, 3.63) is 80.6 Å². The molecule has 4 aromatic rings. The molecule has 0 atom stereocenters. The van der Waals surface area contributed by atoms with Gasteiger partial charge in [0.15, 0.2) is 6.61 Å². The van der Waals surface area contributed by atoms with E-state index in [1.807, 2.05) is 19.1 Å². The van der Waals surface area contributed by atoms with Crippen LogP contribution in [0.5, 0.6) is 11.6 Å². The average molecular weight is 505 g/mol. The van der Waals surface area contributed by atoms with Gasteiger partial charge < -0.3 is 9.57 Å². The van der Waals surface area contributed by atoms with Gasteiger partial charge >= 0.3 is 0 Å². The summed E-state index contributed by atoms with van der Waals surface area (Å²) >= 11 is 18.5. The Balaban J connectivity index is 1.48. The fourth-order valence-electron chi connectivity index (χ4n) is 3.21. The minimum Gasteiger partial charge on any atom is -0.439 e. The van der Waals surface area contributed by atoms with E-state index < -0.39 is 0 Å². The average Bonchev–Trinajstić information content (AvgIpc) is 3.22. The van der Waals surface area contributed by atoms with E-state index in [4.69, 9.17) is 44.4 Å². The molecular formula is C23H20Cl3N5O2. The molecule has 0 saturated heterocycles. The second kappa shape index (κ2) is 9.87. The smallest absolute Gasteiger partial charge is 0.226 e. The normalized spacial score (nSPS) is 11.3. The number of halogens is 3. The highest BCUT2D eigenvalue weighted by Crippen LogP contribution is 2.31. The van der Waals surface area contributed by atoms with Crippen LogP contribution in [0.4, 0.5) is 0 Å². The molecule has 0 saturated carbocycles. The molecule has 0 aliphatic carbocycles. The second-order valence-electron chi connectivity index (χ2n) is 7.23. The Bertz CT molecular complexity index is 1300. The second-order valence-corrected chi connectivity index (χ2v) is 8.48. The third kappa shape index (κ3) is 5.16. The van der Waals surface area contributed by atoms with E-state index in [1.165, 1.54) is 0 Å². The fourth-order valence-corrected chi connectivity index (χ4v) is 3.78. The van der Waals surface area contributed by atoms with E-state index in [0.717, 1.165) is 11.3 Å². The SMILES string of the molecule is Cc1nn(C)c(Oc2ccc(Cl)cc2)c1/C=N\OCc1c(Cl)c(-c2ccc(Cl)cc2)nn1C. The van der Waals surface area contributed by atoms with Gasteiger partial charge in [-0.25, -0.2) is 4.68 Å². The summed E-state index contributed by atoms with van der Waals surface area (Å²) in [6.45, 7) is 2.01. The summed E-state index contributed by atoms with van der Waals surface area (Å²) in [5.74, 6) is 1.17. The Morgan fingerprint density at radius 2 is 1.55 bits per heavy atom. The van der Waals surface area contributed by atoms with Crippen LogP contribution < -0.4 is 4.74 Å². The van der Waals surface area contributed by atoms with Crippen molar-refractivity contribution in [2.75, 3.05) is 0 Å². The lowest BCUT2D eigenvalue weighted by Gasteiger charge is -2.07. The summed E-state index contributed by atoms with van der Waals surface area (Å²) < 4.78 is 9.29. The van der Waals surface area contributed by atoms with Crippen molar-refractivity contribution >= 4 is 41.0 Å². The minimum atomic E-state index is 0.138. The van der Waals surface area contributed by atoms with Crippen molar-refractivity contribution in [1.82, 2.24) is 19.6 Å². The molecule has 10 heteroatoms. The van der Waals surface area contributed by atoms with Crippen LogP contribution in [-0.2, 0) is 25.5 Å². The van der Waals surface area contributed by atoms with Crippen LogP contribution in [0, 0.1) is 6.92 Å². The summed E-state index contributed by atoms with van der Waals surface area (Å²) in [6.07, 6.45) is 1.57. The van der Waals surface area contributed by atoms with Gasteiger partial charge in [0.25, 0.3) is 0 Å². The van der Waals surface area contributed by atoms with Gasteiger partial charge in [-0.2, -0.15) is 10.2 Å². The molecule has 2 heterocycles. The molecule has 0 unspecified atom stereocenters. The van der Waals surface area contributed by atoms with Crippen LogP contribution in [0.15, 0.2) is 53.7 Å². The zero-order valence-electron chi connectivity index (χ0n) is 18.1. The third-order valence-corrected chi connectivity index (χ3v) is 5.82. The predicted molar refractivity (Wildman–Crippen MR) is 131 cm³/mol. The first kappa shape index (κ1) is 23.2. The Kier molecular flexibility index (Phi) is 6.93. The van der Waals surface area contributed by atoms with Crippen LogP contribution in [-0.4, -0.2) is 25.8 Å². The Hall–Kier alpha value is -3.00. The number of oxime groups is 1. The van der Waals surface area contributed by atoms with Gasteiger partial charge in [-0.3, -0.25) is 4.68 Å². The highest BCUT2D eigenvalue weighted by molar-refractivity contribution is 6.34. The van der Waals surface area contributed by atoms with Crippen molar-refractivity contribution in [1.29, 1.82) is 0 Å². The number of aromatic nitrogens is 4. The van der Waals surface area contributed by atoms with Crippen molar-refractivity contribution in [2.45, 2.75) is 13.5 Å².